The average Bonchev–Trinajstić information content (AvgIpc) is 3.41. The molecule has 2 amide bonds. The molecule has 2 saturated heterocycles. The van der Waals surface area contributed by atoms with Crippen molar-refractivity contribution in [1.29, 1.82) is 0 Å². The Balaban J connectivity index is 1.63. The zero-order valence-corrected chi connectivity index (χ0v) is 18.3. The smallest absolute Gasteiger partial charge is 0.341 e. The van der Waals surface area contributed by atoms with Gasteiger partial charge in [-0.1, -0.05) is 6.92 Å². The quantitative estimate of drug-likeness (QED) is 0.753. The van der Waals surface area contributed by atoms with Crippen LogP contribution in [0, 0.1) is 5.92 Å². The van der Waals surface area contributed by atoms with E-state index in [9.17, 15) is 14.0 Å². The van der Waals surface area contributed by atoms with Crippen LogP contribution >= 0.6 is 0 Å². The van der Waals surface area contributed by atoms with Gasteiger partial charge < -0.3 is 24.4 Å². The molecule has 4 rings (SSSR count). The summed E-state index contributed by atoms with van der Waals surface area (Å²) in [5.41, 5.74) is 1.85. The van der Waals surface area contributed by atoms with Gasteiger partial charge in [-0.3, -0.25) is 0 Å². The summed E-state index contributed by atoms with van der Waals surface area (Å²) in [6.07, 6.45) is 3.65. The molecule has 1 unspecified atom stereocenters. The molecule has 9 heteroatoms. The summed E-state index contributed by atoms with van der Waals surface area (Å²) in [6, 6.07) is 1.80. The Morgan fingerprint density at radius 3 is 2.74 bits per heavy atom. The highest BCUT2D eigenvalue weighted by Crippen LogP contribution is 2.34. The maximum absolute atomic E-state index is 13.6. The molecule has 0 spiro atoms. The zero-order chi connectivity index (χ0) is 22.1. The van der Waals surface area contributed by atoms with Crippen LogP contribution < -0.4 is 4.90 Å². The lowest BCUT2D eigenvalue weighted by Crippen LogP contribution is -2.55. The number of urea groups is 1. The van der Waals surface area contributed by atoms with Gasteiger partial charge in [0.05, 0.1) is 18.8 Å². The Labute approximate surface area is 181 Å². The molecule has 0 aliphatic carbocycles. The lowest BCUT2D eigenvalue weighted by molar-refractivity contribution is 0.0526. The van der Waals surface area contributed by atoms with Crippen LogP contribution in [0.3, 0.4) is 0 Å². The number of nitrogens with one attached hydrogen (secondary N) is 1. The third kappa shape index (κ3) is 4.05. The van der Waals surface area contributed by atoms with E-state index in [-0.39, 0.29) is 25.2 Å². The van der Waals surface area contributed by atoms with E-state index >= 15 is 0 Å². The minimum atomic E-state index is -0.933. The summed E-state index contributed by atoms with van der Waals surface area (Å²) in [7, 11) is 1.95. The van der Waals surface area contributed by atoms with Gasteiger partial charge >= 0.3 is 12.0 Å². The van der Waals surface area contributed by atoms with Crippen molar-refractivity contribution in [3.63, 3.8) is 0 Å². The summed E-state index contributed by atoms with van der Waals surface area (Å²) in [5.74, 6) is -0.110. The fourth-order valence-electron chi connectivity index (χ4n) is 4.72. The molecule has 1 N–H and O–H groups in total. The first-order valence-electron chi connectivity index (χ1n) is 10.9. The Morgan fingerprint density at radius 2 is 2.03 bits per heavy atom. The second-order valence-electron chi connectivity index (χ2n) is 8.49. The molecule has 0 aromatic carbocycles. The number of rotatable bonds is 4. The van der Waals surface area contributed by atoms with Gasteiger partial charge in [-0.2, -0.15) is 0 Å². The van der Waals surface area contributed by atoms with Crippen LogP contribution in [0.4, 0.5) is 14.9 Å². The first-order valence-corrected chi connectivity index (χ1v) is 10.9. The summed E-state index contributed by atoms with van der Waals surface area (Å²) in [6.45, 7) is 6.02. The van der Waals surface area contributed by atoms with E-state index in [2.05, 4.69) is 21.8 Å². The number of anilines is 1. The molecule has 0 radical (unpaired) electrons. The number of ether oxygens (including phenoxy) is 1. The molecule has 8 nitrogen and oxygen atoms in total. The van der Waals surface area contributed by atoms with Crippen molar-refractivity contribution in [2.24, 2.45) is 5.92 Å². The normalized spacial score (nSPS) is 23.9. The van der Waals surface area contributed by atoms with Gasteiger partial charge in [0.25, 0.3) is 0 Å². The van der Waals surface area contributed by atoms with Crippen LogP contribution in [-0.2, 0) is 4.74 Å². The van der Waals surface area contributed by atoms with Crippen LogP contribution in [0.15, 0.2) is 18.5 Å². The number of pyridine rings is 1. The number of aromatic nitrogens is 2. The van der Waals surface area contributed by atoms with Gasteiger partial charge in [0.1, 0.15) is 17.4 Å². The topological polar surface area (TPSA) is 81.8 Å². The lowest BCUT2D eigenvalue weighted by Gasteiger charge is -2.43. The number of hydrogen-bond acceptors (Lipinski definition) is 5. The molecule has 31 heavy (non-hydrogen) atoms. The first kappa shape index (κ1) is 21.4. The molecule has 2 aliphatic rings. The van der Waals surface area contributed by atoms with Crippen molar-refractivity contribution >= 4 is 28.7 Å². The van der Waals surface area contributed by atoms with Gasteiger partial charge in [0.15, 0.2) is 0 Å². The van der Waals surface area contributed by atoms with Crippen molar-refractivity contribution < 1.29 is 18.7 Å². The van der Waals surface area contributed by atoms with Crippen LogP contribution in [0.2, 0.25) is 0 Å². The maximum Gasteiger partial charge on any atom is 0.341 e. The van der Waals surface area contributed by atoms with Crippen LogP contribution in [0.25, 0.3) is 11.0 Å². The first-order chi connectivity index (χ1) is 14.9. The highest BCUT2D eigenvalue weighted by atomic mass is 19.1. The number of esters is 1. The molecule has 2 aromatic heterocycles. The van der Waals surface area contributed by atoms with Crippen molar-refractivity contribution in [2.75, 3.05) is 44.7 Å². The number of carbonyl (C=O) groups excluding carboxylic acids is 2. The number of likely N-dealkylation sites (N-methyl/N-ethyl adjacent to an activating group) is 1. The van der Waals surface area contributed by atoms with E-state index in [4.69, 9.17) is 4.74 Å². The molecule has 0 bridgehead atoms. The fourth-order valence-corrected chi connectivity index (χ4v) is 4.72. The summed E-state index contributed by atoms with van der Waals surface area (Å²) in [5, 5.41) is 0.837. The lowest BCUT2D eigenvalue weighted by atomic mass is 9.91. The second-order valence-corrected chi connectivity index (χ2v) is 8.49. The fraction of sp³-hybridized carbons (Fsp3) is 0.591. The molecule has 2 aromatic rings. The van der Waals surface area contributed by atoms with Gasteiger partial charge in [-0.25, -0.2) is 19.0 Å². The number of nitrogens with zero attached hydrogens (tertiary/aromatic N) is 4. The zero-order valence-electron chi connectivity index (χ0n) is 18.3. The Morgan fingerprint density at radius 1 is 1.29 bits per heavy atom. The number of H-pyrrole nitrogens is 1. The van der Waals surface area contributed by atoms with E-state index in [0.29, 0.717) is 43.2 Å². The standard InChI is InChI=1S/C22H30FN5O3/c1-4-31-21(29)17-11-25-20-16(5-8-24-20)19(17)26(3)18-13-28(9-6-14(18)2)22(30)27-10-7-15(23)12-27/h5,8,11,14-15,18H,4,6-7,9-10,12-13H2,1-3H3,(H,24,25)/t14-,15?,18+/m1/s1. The summed E-state index contributed by atoms with van der Waals surface area (Å²) in [4.78, 5) is 38.6. The minimum Gasteiger partial charge on any atom is -0.462 e. The predicted octanol–water partition coefficient (Wildman–Crippen LogP) is 3.05. The number of fused-ring (bicyclic) bond motifs is 1. The third-order valence-corrected chi connectivity index (χ3v) is 6.49. The summed E-state index contributed by atoms with van der Waals surface area (Å²) >= 11 is 0. The highest BCUT2D eigenvalue weighted by Gasteiger charge is 2.37. The van der Waals surface area contributed by atoms with Crippen molar-refractivity contribution in [2.45, 2.75) is 38.9 Å². The maximum atomic E-state index is 13.6. The van der Waals surface area contributed by atoms with Crippen molar-refractivity contribution in [3.8, 4) is 0 Å². The van der Waals surface area contributed by atoms with E-state index in [1.807, 2.05) is 18.0 Å². The highest BCUT2D eigenvalue weighted by molar-refractivity contribution is 6.04. The molecule has 168 valence electrons. The Kier molecular flexibility index (Phi) is 6.02. The number of likely N-dealkylation sites (tertiary alicyclic amines) is 2. The van der Waals surface area contributed by atoms with E-state index in [1.54, 1.807) is 24.2 Å². The van der Waals surface area contributed by atoms with E-state index in [0.717, 1.165) is 17.5 Å². The Hall–Kier alpha value is -2.84. The second kappa shape index (κ2) is 8.72. The number of halogens is 1. The molecular formula is C22H30FN5O3. The van der Waals surface area contributed by atoms with Crippen LogP contribution in [0.1, 0.15) is 37.0 Å². The van der Waals surface area contributed by atoms with Gasteiger partial charge in [-0.05, 0) is 31.7 Å². The largest absolute Gasteiger partial charge is 0.462 e. The molecule has 4 heterocycles. The SMILES string of the molecule is CCOC(=O)c1cnc2[nH]ccc2c1N(C)[C@H]1CN(C(=O)N2CCC(F)C2)CC[C@H]1C. The van der Waals surface area contributed by atoms with Crippen LogP contribution in [-0.4, -0.2) is 83.8 Å². The Bertz CT molecular complexity index is 964. The van der Waals surface area contributed by atoms with Crippen LogP contribution in [0.5, 0.6) is 0 Å². The van der Waals surface area contributed by atoms with Crippen molar-refractivity contribution in [3.05, 3.63) is 24.0 Å². The molecule has 3 atom stereocenters. The predicted molar refractivity (Wildman–Crippen MR) is 116 cm³/mol. The van der Waals surface area contributed by atoms with E-state index < -0.39 is 12.1 Å². The summed E-state index contributed by atoms with van der Waals surface area (Å²) < 4.78 is 18.9. The molecule has 0 saturated carbocycles. The van der Waals surface area contributed by atoms with Crippen molar-refractivity contribution in [1.82, 2.24) is 19.8 Å². The number of alkyl halides is 1. The van der Waals surface area contributed by atoms with Gasteiger partial charge in [-0.15, -0.1) is 0 Å². The monoisotopic (exact) mass is 431 g/mol. The van der Waals surface area contributed by atoms with Gasteiger partial charge in [0.2, 0.25) is 0 Å². The molecule has 2 fully saturated rings. The molecule has 2 aliphatic heterocycles. The minimum absolute atomic E-state index is 0.00449. The average molecular weight is 432 g/mol. The number of amides is 2. The van der Waals surface area contributed by atoms with Gasteiger partial charge in [0, 0.05) is 50.5 Å². The number of aromatic amines is 1. The third-order valence-electron chi connectivity index (χ3n) is 6.49. The number of piperidine rings is 1. The number of hydrogen-bond donors (Lipinski definition) is 1. The van der Waals surface area contributed by atoms with E-state index in [1.165, 1.54) is 0 Å². The molecular weight excluding hydrogens is 401 g/mol. The number of carbonyl (C=O) groups is 2.